The van der Waals surface area contributed by atoms with Gasteiger partial charge in [0.2, 0.25) is 0 Å². The first kappa shape index (κ1) is 18.0. The summed E-state index contributed by atoms with van der Waals surface area (Å²) in [6.45, 7) is 1.48. The molecule has 5 rings (SSSR count). The molecule has 6 nitrogen and oxygen atoms in total. The summed E-state index contributed by atoms with van der Waals surface area (Å²) in [5, 5.41) is 1.98. The SMILES string of the molecule is C[C@H](OC(=O)C12C[C@H]3C[C@@H](C1)CC(c1ccccc1)(C3)C2)C(=O)NC(N)=O. The molecule has 4 bridgehead atoms. The van der Waals surface area contributed by atoms with Gasteiger partial charge in [-0.1, -0.05) is 30.3 Å². The lowest BCUT2D eigenvalue weighted by Gasteiger charge is -2.61. The zero-order chi connectivity index (χ0) is 19.2. The minimum atomic E-state index is -1.04. The highest BCUT2D eigenvalue weighted by Gasteiger charge is 2.61. The lowest BCUT2D eigenvalue weighted by atomic mass is 9.43. The van der Waals surface area contributed by atoms with Crippen LogP contribution in [0.15, 0.2) is 30.3 Å². The quantitative estimate of drug-likeness (QED) is 0.796. The molecular formula is C21H26N2O4. The van der Waals surface area contributed by atoms with E-state index in [0.717, 1.165) is 32.1 Å². The second kappa shape index (κ2) is 6.36. The van der Waals surface area contributed by atoms with Crippen LogP contribution in [0.2, 0.25) is 0 Å². The third-order valence-corrected chi connectivity index (χ3v) is 6.78. The molecule has 1 aromatic rings. The Hall–Kier alpha value is -2.37. The van der Waals surface area contributed by atoms with E-state index in [9.17, 15) is 14.4 Å². The summed E-state index contributed by atoms with van der Waals surface area (Å²) in [6.07, 6.45) is 4.84. The number of imide groups is 1. The normalized spacial score (nSPS) is 34.7. The zero-order valence-corrected chi connectivity index (χ0v) is 15.6. The molecule has 1 aromatic carbocycles. The number of benzene rings is 1. The van der Waals surface area contributed by atoms with E-state index >= 15 is 0 Å². The molecule has 2 unspecified atom stereocenters. The van der Waals surface area contributed by atoms with Crippen LogP contribution in [-0.4, -0.2) is 24.0 Å². The van der Waals surface area contributed by atoms with Gasteiger partial charge in [0.05, 0.1) is 5.41 Å². The molecule has 0 radical (unpaired) electrons. The molecule has 0 aromatic heterocycles. The average molecular weight is 370 g/mol. The van der Waals surface area contributed by atoms with Gasteiger partial charge >= 0.3 is 12.0 Å². The number of hydrogen-bond donors (Lipinski definition) is 2. The van der Waals surface area contributed by atoms with Crippen LogP contribution < -0.4 is 11.1 Å². The molecule has 4 saturated carbocycles. The third-order valence-electron chi connectivity index (χ3n) is 6.78. The molecule has 0 aliphatic heterocycles. The lowest BCUT2D eigenvalue weighted by Crippen LogP contribution is -2.57. The van der Waals surface area contributed by atoms with Crippen molar-refractivity contribution in [2.75, 3.05) is 0 Å². The minimum absolute atomic E-state index is 0.0308. The first-order chi connectivity index (χ1) is 12.8. The molecular weight excluding hydrogens is 344 g/mol. The van der Waals surface area contributed by atoms with E-state index < -0.39 is 23.5 Å². The van der Waals surface area contributed by atoms with E-state index in [0.29, 0.717) is 11.8 Å². The number of rotatable bonds is 4. The van der Waals surface area contributed by atoms with Crippen molar-refractivity contribution < 1.29 is 19.1 Å². The van der Waals surface area contributed by atoms with Gasteiger partial charge in [0.1, 0.15) is 0 Å². The van der Waals surface area contributed by atoms with Gasteiger partial charge in [-0.05, 0) is 68.3 Å². The van der Waals surface area contributed by atoms with Crippen molar-refractivity contribution in [2.24, 2.45) is 23.0 Å². The fraction of sp³-hybridized carbons (Fsp3) is 0.571. The molecule has 3 N–H and O–H groups in total. The van der Waals surface area contributed by atoms with Gasteiger partial charge in [0.25, 0.3) is 5.91 Å². The van der Waals surface area contributed by atoms with Crippen LogP contribution in [0.25, 0.3) is 0 Å². The Morgan fingerprint density at radius 3 is 2.33 bits per heavy atom. The summed E-state index contributed by atoms with van der Waals surface area (Å²) in [7, 11) is 0. The Morgan fingerprint density at radius 2 is 1.74 bits per heavy atom. The fourth-order valence-corrected chi connectivity index (χ4v) is 6.19. The number of carbonyl (C=O) groups excluding carboxylic acids is 3. The Balaban J connectivity index is 1.57. The highest BCUT2D eigenvalue weighted by atomic mass is 16.5. The van der Waals surface area contributed by atoms with Crippen LogP contribution in [0, 0.1) is 17.3 Å². The molecule has 4 aliphatic carbocycles. The number of primary amides is 1. The summed E-state index contributed by atoms with van der Waals surface area (Å²) in [4.78, 5) is 35.9. The summed E-state index contributed by atoms with van der Waals surface area (Å²) in [5.74, 6) is 0.0601. The van der Waals surface area contributed by atoms with Crippen LogP contribution in [0.1, 0.15) is 51.0 Å². The summed E-state index contributed by atoms with van der Waals surface area (Å²) >= 11 is 0. The second-order valence-corrected chi connectivity index (χ2v) is 8.79. The van der Waals surface area contributed by atoms with Gasteiger partial charge < -0.3 is 10.5 Å². The summed E-state index contributed by atoms with van der Waals surface area (Å²) in [6, 6.07) is 9.56. The zero-order valence-electron chi connectivity index (χ0n) is 15.6. The van der Waals surface area contributed by atoms with E-state index in [1.165, 1.54) is 18.9 Å². The predicted molar refractivity (Wildman–Crippen MR) is 98.5 cm³/mol. The maximum absolute atomic E-state index is 13.2. The maximum atomic E-state index is 13.2. The van der Waals surface area contributed by atoms with Crippen LogP contribution in [-0.2, 0) is 19.7 Å². The second-order valence-electron chi connectivity index (χ2n) is 8.79. The van der Waals surface area contributed by atoms with Gasteiger partial charge in [-0.15, -0.1) is 0 Å². The van der Waals surface area contributed by atoms with E-state index in [1.54, 1.807) is 0 Å². The largest absolute Gasteiger partial charge is 0.452 e. The molecule has 6 heteroatoms. The third kappa shape index (κ3) is 3.11. The number of ether oxygens (including phenoxy) is 1. The summed E-state index contributed by atoms with van der Waals surface area (Å²) in [5.41, 5.74) is 5.80. The lowest BCUT2D eigenvalue weighted by molar-refractivity contribution is -0.180. The Morgan fingerprint density at radius 1 is 1.11 bits per heavy atom. The van der Waals surface area contributed by atoms with Gasteiger partial charge in [-0.2, -0.15) is 0 Å². The Kier molecular flexibility index (Phi) is 4.24. The van der Waals surface area contributed by atoms with Crippen LogP contribution in [0.4, 0.5) is 4.79 Å². The molecule has 5 atom stereocenters. The number of hydrogen-bond acceptors (Lipinski definition) is 4. The fourth-order valence-electron chi connectivity index (χ4n) is 6.19. The Labute approximate surface area is 158 Å². The van der Waals surface area contributed by atoms with E-state index in [1.807, 2.05) is 11.4 Å². The number of amides is 3. The van der Waals surface area contributed by atoms with E-state index in [4.69, 9.17) is 10.5 Å². The molecule has 0 heterocycles. The highest BCUT2D eigenvalue weighted by molar-refractivity contribution is 5.96. The van der Waals surface area contributed by atoms with Gasteiger partial charge in [-0.3, -0.25) is 14.9 Å². The van der Waals surface area contributed by atoms with Crippen molar-refractivity contribution >= 4 is 17.9 Å². The molecule has 3 amide bonds. The minimum Gasteiger partial charge on any atom is -0.452 e. The molecule has 4 aliphatic rings. The molecule has 0 saturated heterocycles. The van der Waals surface area contributed by atoms with Crippen molar-refractivity contribution in [3.8, 4) is 0 Å². The molecule has 4 fully saturated rings. The molecule has 0 spiro atoms. The summed E-state index contributed by atoms with van der Waals surface area (Å²) < 4.78 is 5.52. The number of nitrogens with one attached hydrogen (secondary N) is 1. The van der Waals surface area contributed by atoms with E-state index in [2.05, 4.69) is 24.3 Å². The number of esters is 1. The smallest absolute Gasteiger partial charge is 0.318 e. The number of nitrogens with two attached hydrogens (primary N) is 1. The Bertz CT molecular complexity index is 762. The predicted octanol–water partition coefficient (Wildman–Crippen LogP) is 2.65. The van der Waals surface area contributed by atoms with Crippen molar-refractivity contribution in [3.63, 3.8) is 0 Å². The topological polar surface area (TPSA) is 98.5 Å². The first-order valence-electron chi connectivity index (χ1n) is 9.69. The van der Waals surface area contributed by atoms with Crippen molar-refractivity contribution in [3.05, 3.63) is 35.9 Å². The average Bonchev–Trinajstić information content (AvgIpc) is 2.60. The standard InChI is InChI=1S/C21H26N2O4/c1-13(17(24)23-19(22)26)27-18(25)21-10-14-7-15(11-21)9-20(8-14,12-21)16-5-3-2-4-6-16/h2-6,13-15H,7-12H2,1H3,(H3,22,23,24,26)/t13-,14-,15+,20?,21?/m0/s1. The maximum Gasteiger partial charge on any atom is 0.318 e. The van der Waals surface area contributed by atoms with Crippen molar-refractivity contribution in [1.29, 1.82) is 0 Å². The van der Waals surface area contributed by atoms with Crippen LogP contribution >= 0.6 is 0 Å². The van der Waals surface area contributed by atoms with Crippen molar-refractivity contribution in [1.82, 2.24) is 5.32 Å². The molecule has 27 heavy (non-hydrogen) atoms. The highest BCUT2D eigenvalue weighted by Crippen LogP contribution is 2.66. The number of urea groups is 1. The van der Waals surface area contributed by atoms with E-state index in [-0.39, 0.29) is 11.4 Å². The monoisotopic (exact) mass is 370 g/mol. The van der Waals surface area contributed by atoms with Crippen LogP contribution in [0.5, 0.6) is 0 Å². The van der Waals surface area contributed by atoms with Gasteiger partial charge in [0.15, 0.2) is 6.10 Å². The number of carbonyl (C=O) groups is 3. The van der Waals surface area contributed by atoms with Gasteiger partial charge in [-0.25, -0.2) is 4.79 Å². The van der Waals surface area contributed by atoms with Crippen LogP contribution in [0.3, 0.4) is 0 Å². The first-order valence-corrected chi connectivity index (χ1v) is 9.69. The molecule has 144 valence electrons. The van der Waals surface area contributed by atoms with Crippen molar-refractivity contribution in [2.45, 2.75) is 57.0 Å². The van der Waals surface area contributed by atoms with Gasteiger partial charge in [0, 0.05) is 0 Å².